The van der Waals surface area contributed by atoms with Gasteiger partial charge in [-0.3, -0.25) is 14.4 Å². The molecular weight excluding hydrogens is 318 g/mol. The van der Waals surface area contributed by atoms with Crippen molar-refractivity contribution in [2.24, 2.45) is 11.7 Å². The number of aryl methyl sites for hydroxylation is 2. The van der Waals surface area contributed by atoms with E-state index in [9.17, 15) is 14.4 Å². The van der Waals surface area contributed by atoms with Crippen LogP contribution in [0.4, 0.5) is 5.69 Å². The summed E-state index contributed by atoms with van der Waals surface area (Å²) >= 11 is 0. The van der Waals surface area contributed by atoms with E-state index in [1.807, 2.05) is 32.0 Å². The van der Waals surface area contributed by atoms with E-state index >= 15 is 0 Å². The highest BCUT2D eigenvalue weighted by molar-refractivity contribution is 6.03. The van der Waals surface area contributed by atoms with E-state index < -0.39 is 0 Å². The summed E-state index contributed by atoms with van der Waals surface area (Å²) in [6.07, 6.45) is 2.78. The van der Waals surface area contributed by atoms with Crippen LogP contribution < -0.4 is 11.1 Å². The van der Waals surface area contributed by atoms with E-state index in [2.05, 4.69) is 5.32 Å². The smallest absolute Gasteiger partial charge is 0.233 e. The molecule has 1 aromatic rings. The van der Waals surface area contributed by atoms with Gasteiger partial charge in [-0.25, -0.2) is 0 Å². The van der Waals surface area contributed by atoms with Crippen LogP contribution in [0.1, 0.15) is 43.2 Å². The average molecular weight is 345 g/mol. The fourth-order valence-electron chi connectivity index (χ4n) is 3.37. The molecule has 0 spiro atoms. The van der Waals surface area contributed by atoms with Crippen molar-refractivity contribution in [3.63, 3.8) is 0 Å². The number of hydrogen-bond acceptors (Lipinski definition) is 3. The number of carbonyl (C=O) groups excluding carboxylic acids is 3. The molecule has 2 rings (SSSR count). The number of carbonyl (C=O) groups is 3. The number of anilines is 1. The predicted octanol–water partition coefficient (Wildman–Crippen LogP) is 2.14. The molecule has 3 amide bonds. The lowest BCUT2D eigenvalue weighted by Gasteiger charge is -2.32. The van der Waals surface area contributed by atoms with Crippen molar-refractivity contribution < 1.29 is 14.4 Å². The van der Waals surface area contributed by atoms with Gasteiger partial charge in [-0.05, 0) is 62.3 Å². The first-order valence-corrected chi connectivity index (χ1v) is 8.77. The Hall–Kier alpha value is -2.37. The molecule has 136 valence electrons. The number of piperidine rings is 1. The third-order valence-corrected chi connectivity index (χ3v) is 4.49. The number of nitrogens with zero attached hydrogens (tertiary/aromatic N) is 1. The van der Waals surface area contributed by atoms with Crippen LogP contribution in [0.25, 0.3) is 0 Å². The van der Waals surface area contributed by atoms with Crippen molar-refractivity contribution in [2.75, 3.05) is 18.4 Å². The maximum Gasteiger partial charge on any atom is 0.233 e. The Kier molecular flexibility index (Phi) is 6.56. The standard InChI is InChI=1S/C19H27N3O3/c1-13-8-14(2)10-16(9-13)21-18(24)11-19(25)22-7-3-4-15(12-22)5-6-17(20)23/h8-10,15H,3-7,11-12H2,1-2H3,(H2,20,23)(H,21,24)/t15-/m1/s1. The van der Waals surface area contributed by atoms with Crippen molar-refractivity contribution >= 4 is 23.4 Å². The van der Waals surface area contributed by atoms with Gasteiger partial charge in [0.1, 0.15) is 6.42 Å². The fraction of sp³-hybridized carbons (Fsp3) is 0.526. The highest BCUT2D eigenvalue weighted by Crippen LogP contribution is 2.21. The molecule has 6 heteroatoms. The Bertz CT molecular complexity index is 637. The molecule has 0 bridgehead atoms. The van der Waals surface area contributed by atoms with Gasteiger partial charge in [0.15, 0.2) is 0 Å². The monoisotopic (exact) mass is 345 g/mol. The van der Waals surface area contributed by atoms with Crippen molar-refractivity contribution in [3.8, 4) is 0 Å². The highest BCUT2D eigenvalue weighted by Gasteiger charge is 2.25. The summed E-state index contributed by atoms with van der Waals surface area (Å²) in [5.41, 5.74) is 8.04. The van der Waals surface area contributed by atoms with Crippen molar-refractivity contribution in [3.05, 3.63) is 29.3 Å². The zero-order chi connectivity index (χ0) is 18.4. The summed E-state index contributed by atoms with van der Waals surface area (Å²) in [5.74, 6) is -0.483. The molecule has 25 heavy (non-hydrogen) atoms. The third kappa shape index (κ3) is 6.21. The van der Waals surface area contributed by atoms with Gasteiger partial charge in [-0.15, -0.1) is 0 Å². The maximum atomic E-state index is 12.4. The molecule has 1 heterocycles. The van der Waals surface area contributed by atoms with Crippen LogP contribution in [0, 0.1) is 19.8 Å². The summed E-state index contributed by atoms with van der Waals surface area (Å²) in [7, 11) is 0. The summed E-state index contributed by atoms with van der Waals surface area (Å²) in [6, 6.07) is 5.80. The lowest BCUT2D eigenvalue weighted by atomic mass is 9.93. The number of hydrogen-bond donors (Lipinski definition) is 2. The predicted molar refractivity (Wildman–Crippen MR) is 96.9 cm³/mol. The van der Waals surface area contributed by atoms with Crippen molar-refractivity contribution in [1.29, 1.82) is 0 Å². The summed E-state index contributed by atoms with van der Waals surface area (Å²) in [4.78, 5) is 37.2. The lowest BCUT2D eigenvalue weighted by Crippen LogP contribution is -2.41. The van der Waals surface area contributed by atoms with E-state index in [4.69, 9.17) is 5.73 Å². The van der Waals surface area contributed by atoms with Gasteiger partial charge in [-0.1, -0.05) is 6.07 Å². The second-order valence-corrected chi connectivity index (χ2v) is 6.95. The number of amides is 3. The number of likely N-dealkylation sites (tertiary alicyclic amines) is 1. The molecule has 1 fully saturated rings. The molecule has 1 atom stereocenters. The molecular formula is C19H27N3O3. The largest absolute Gasteiger partial charge is 0.370 e. The molecule has 1 aromatic carbocycles. The first-order chi connectivity index (χ1) is 11.8. The number of primary amides is 1. The molecule has 1 aliphatic heterocycles. The van der Waals surface area contributed by atoms with Crippen LogP contribution in [-0.2, 0) is 14.4 Å². The fourth-order valence-corrected chi connectivity index (χ4v) is 3.37. The highest BCUT2D eigenvalue weighted by atomic mass is 16.2. The molecule has 6 nitrogen and oxygen atoms in total. The van der Waals surface area contributed by atoms with Crippen LogP contribution in [-0.4, -0.2) is 35.7 Å². The topological polar surface area (TPSA) is 92.5 Å². The van der Waals surface area contributed by atoms with Crippen LogP contribution >= 0.6 is 0 Å². The van der Waals surface area contributed by atoms with E-state index in [1.165, 1.54) is 0 Å². The van der Waals surface area contributed by atoms with E-state index in [-0.39, 0.29) is 30.1 Å². The minimum atomic E-state index is -0.309. The van der Waals surface area contributed by atoms with Crippen LogP contribution in [0.15, 0.2) is 18.2 Å². The Balaban J connectivity index is 1.85. The summed E-state index contributed by atoms with van der Waals surface area (Å²) in [6.45, 7) is 5.20. The molecule has 1 saturated heterocycles. The van der Waals surface area contributed by atoms with Crippen molar-refractivity contribution in [2.45, 2.75) is 46.0 Å². The molecule has 0 unspecified atom stereocenters. The number of rotatable bonds is 6. The molecule has 1 aliphatic rings. The second-order valence-electron chi connectivity index (χ2n) is 6.95. The molecule has 3 N–H and O–H groups in total. The van der Waals surface area contributed by atoms with E-state index in [1.54, 1.807) is 4.90 Å². The van der Waals surface area contributed by atoms with Crippen LogP contribution in [0.5, 0.6) is 0 Å². The average Bonchev–Trinajstić information content (AvgIpc) is 2.52. The third-order valence-electron chi connectivity index (χ3n) is 4.49. The molecule has 0 aliphatic carbocycles. The van der Waals surface area contributed by atoms with Crippen molar-refractivity contribution in [1.82, 2.24) is 4.90 Å². The molecule has 0 aromatic heterocycles. The molecule has 0 saturated carbocycles. The Morgan fingerprint density at radius 1 is 1.20 bits per heavy atom. The van der Waals surface area contributed by atoms with Crippen LogP contribution in [0.3, 0.4) is 0 Å². The number of nitrogens with one attached hydrogen (secondary N) is 1. The first-order valence-electron chi connectivity index (χ1n) is 8.77. The SMILES string of the molecule is Cc1cc(C)cc(NC(=O)CC(=O)N2CCC[C@H](CCC(N)=O)C2)c1. The zero-order valence-electron chi connectivity index (χ0n) is 15.0. The van der Waals surface area contributed by atoms with Gasteiger partial charge < -0.3 is 16.0 Å². The quantitative estimate of drug-likeness (QED) is 0.774. The van der Waals surface area contributed by atoms with Gasteiger partial charge in [-0.2, -0.15) is 0 Å². The summed E-state index contributed by atoms with van der Waals surface area (Å²) < 4.78 is 0. The van der Waals surface area contributed by atoms with Gasteiger partial charge in [0, 0.05) is 25.2 Å². The lowest BCUT2D eigenvalue weighted by molar-refractivity contribution is -0.136. The zero-order valence-corrected chi connectivity index (χ0v) is 15.0. The minimum absolute atomic E-state index is 0.157. The van der Waals surface area contributed by atoms with Crippen LogP contribution in [0.2, 0.25) is 0 Å². The Labute approximate surface area is 148 Å². The molecule has 0 radical (unpaired) electrons. The first kappa shape index (κ1) is 19.0. The minimum Gasteiger partial charge on any atom is -0.370 e. The summed E-state index contributed by atoms with van der Waals surface area (Å²) in [5, 5.41) is 2.80. The van der Waals surface area contributed by atoms with Gasteiger partial charge in [0.25, 0.3) is 0 Å². The Morgan fingerprint density at radius 2 is 1.88 bits per heavy atom. The second kappa shape index (κ2) is 8.65. The normalized spacial score (nSPS) is 17.2. The van der Waals surface area contributed by atoms with E-state index in [0.29, 0.717) is 31.6 Å². The Morgan fingerprint density at radius 3 is 2.52 bits per heavy atom. The number of benzene rings is 1. The van der Waals surface area contributed by atoms with Gasteiger partial charge >= 0.3 is 0 Å². The number of nitrogens with two attached hydrogens (primary N) is 1. The maximum absolute atomic E-state index is 12.4. The van der Waals surface area contributed by atoms with E-state index in [0.717, 1.165) is 24.0 Å². The van der Waals surface area contributed by atoms with Gasteiger partial charge in [0.2, 0.25) is 17.7 Å². The van der Waals surface area contributed by atoms with Gasteiger partial charge in [0.05, 0.1) is 0 Å².